The Morgan fingerprint density at radius 2 is 1.67 bits per heavy atom. The number of benzene rings is 3. The van der Waals surface area contributed by atoms with Gasteiger partial charge in [0.05, 0.1) is 4.90 Å². The van der Waals surface area contributed by atoms with Crippen LogP contribution < -0.4 is 15.1 Å². The molecule has 1 atom stereocenters. The van der Waals surface area contributed by atoms with Gasteiger partial charge in [-0.15, -0.1) is 0 Å². The molecule has 0 radical (unpaired) electrons. The zero-order valence-corrected chi connectivity index (χ0v) is 21.0. The summed E-state index contributed by atoms with van der Waals surface area (Å²) in [5.41, 5.74) is 2.19. The van der Waals surface area contributed by atoms with Gasteiger partial charge in [0.15, 0.2) is 0 Å². The van der Waals surface area contributed by atoms with E-state index in [1.807, 2.05) is 51.1 Å². The summed E-state index contributed by atoms with van der Waals surface area (Å²) in [4.78, 5) is 25.3. The van der Waals surface area contributed by atoms with Crippen molar-refractivity contribution < 1.29 is 22.4 Å². The Hall–Kier alpha value is -3.75. The number of fused-ring (bicyclic) bond motifs is 1. The van der Waals surface area contributed by atoms with Crippen molar-refractivity contribution in [2.45, 2.75) is 38.1 Å². The monoisotopic (exact) mass is 505 g/mol. The van der Waals surface area contributed by atoms with Crippen molar-refractivity contribution in [3.05, 3.63) is 94.8 Å². The van der Waals surface area contributed by atoms with Crippen LogP contribution in [0.1, 0.15) is 25.8 Å². The average Bonchev–Trinajstić information content (AvgIpc) is 2.83. The lowest BCUT2D eigenvalue weighted by Gasteiger charge is -2.19. The van der Waals surface area contributed by atoms with Crippen molar-refractivity contribution in [1.82, 2.24) is 4.72 Å². The second kappa shape index (κ2) is 10.5. The fourth-order valence-corrected chi connectivity index (χ4v) is 5.08. The molecule has 0 amide bonds. The molecule has 0 spiro atoms. The molecule has 8 heteroatoms. The van der Waals surface area contributed by atoms with Crippen LogP contribution in [0.3, 0.4) is 0 Å². The minimum atomic E-state index is -3.95. The van der Waals surface area contributed by atoms with E-state index < -0.39 is 27.7 Å². The van der Waals surface area contributed by atoms with E-state index >= 15 is 0 Å². The fraction of sp³-hybridized carbons (Fsp3) is 0.214. The number of sulfonamides is 1. The van der Waals surface area contributed by atoms with Crippen molar-refractivity contribution in [1.29, 1.82) is 0 Å². The van der Waals surface area contributed by atoms with Crippen LogP contribution in [0.5, 0.6) is 5.75 Å². The van der Waals surface area contributed by atoms with E-state index in [9.17, 15) is 18.0 Å². The zero-order chi connectivity index (χ0) is 25.9. The molecule has 1 aromatic heterocycles. The number of rotatable bonds is 8. The van der Waals surface area contributed by atoms with Gasteiger partial charge in [0.2, 0.25) is 10.0 Å². The minimum Gasteiger partial charge on any atom is -0.425 e. The summed E-state index contributed by atoms with van der Waals surface area (Å²) in [6, 6.07) is 20.8. The van der Waals surface area contributed by atoms with Gasteiger partial charge in [-0.2, -0.15) is 4.72 Å². The van der Waals surface area contributed by atoms with Gasteiger partial charge in [-0.25, -0.2) is 18.0 Å². The van der Waals surface area contributed by atoms with Crippen molar-refractivity contribution >= 4 is 27.0 Å². The van der Waals surface area contributed by atoms with E-state index in [2.05, 4.69) is 4.72 Å². The number of ether oxygens (including phenoxy) is 1. The van der Waals surface area contributed by atoms with Crippen molar-refractivity contribution in [3.63, 3.8) is 0 Å². The van der Waals surface area contributed by atoms with Crippen LogP contribution in [-0.4, -0.2) is 20.4 Å². The van der Waals surface area contributed by atoms with Gasteiger partial charge in [0.1, 0.15) is 17.4 Å². The molecular formula is C28H27NO6S. The van der Waals surface area contributed by atoms with Crippen LogP contribution >= 0.6 is 0 Å². The molecule has 0 saturated heterocycles. The molecular weight excluding hydrogens is 478 g/mol. The first-order chi connectivity index (χ1) is 17.1. The topological polar surface area (TPSA) is 103 Å². The standard InChI is InChI=1S/C28H27NO6S/c1-18(2)15-25(29-36(32,33)22-12-9-19(3)10-13-22)28(31)34-21-11-14-23-24(20-7-5-4-6-8-20)17-27(30)35-26(23)16-21/h4-14,16-18,25,29H,15H2,1-3H3/t25-/m0/s1. The van der Waals surface area contributed by atoms with Crippen LogP contribution in [-0.2, 0) is 14.8 Å². The van der Waals surface area contributed by atoms with Gasteiger partial charge >= 0.3 is 11.6 Å². The number of carbonyl (C=O) groups is 1. The van der Waals surface area contributed by atoms with Gasteiger partial charge in [0.25, 0.3) is 0 Å². The van der Waals surface area contributed by atoms with Crippen molar-refractivity contribution in [3.8, 4) is 16.9 Å². The molecule has 0 unspecified atom stereocenters. The Bertz CT molecular complexity index is 1540. The normalized spacial score (nSPS) is 12.6. The summed E-state index contributed by atoms with van der Waals surface area (Å²) < 4.78 is 39.2. The van der Waals surface area contributed by atoms with E-state index in [-0.39, 0.29) is 28.6 Å². The molecule has 186 valence electrons. The maximum Gasteiger partial charge on any atom is 0.336 e. The quantitative estimate of drug-likeness (QED) is 0.204. The number of carbonyl (C=O) groups excluding carboxylic acids is 1. The van der Waals surface area contributed by atoms with Crippen LogP contribution in [0.25, 0.3) is 22.1 Å². The molecule has 0 saturated carbocycles. The molecule has 1 heterocycles. The van der Waals surface area contributed by atoms with Gasteiger partial charge in [-0.1, -0.05) is 61.9 Å². The third-order valence-corrected chi connectivity index (χ3v) is 7.13. The Labute approximate surface area is 209 Å². The summed E-state index contributed by atoms with van der Waals surface area (Å²) in [7, 11) is -3.95. The Balaban J connectivity index is 1.61. The van der Waals surface area contributed by atoms with E-state index in [1.165, 1.54) is 24.3 Å². The predicted octanol–water partition coefficient (Wildman–Crippen LogP) is 5.07. The lowest BCUT2D eigenvalue weighted by atomic mass is 10.0. The maximum absolute atomic E-state index is 13.1. The highest BCUT2D eigenvalue weighted by atomic mass is 32.2. The first-order valence-corrected chi connectivity index (χ1v) is 13.0. The highest BCUT2D eigenvalue weighted by molar-refractivity contribution is 7.89. The largest absolute Gasteiger partial charge is 0.425 e. The van der Waals surface area contributed by atoms with Crippen LogP contribution in [0, 0.1) is 12.8 Å². The van der Waals surface area contributed by atoms with Gasteiger partial charge in [-0.05, 0) is 54.7 Å². The molecule has 7 nitrogen and oxygen atoms in total. The second-order valence-electron chi connectivity index (χ2n) is 9.04. The highest BCUT2D eigenvalue weighted by Crippen LogP contribution is 2.30. The van der Waals surface area contributed by atoms with Gasteiger partial charge in [-0.3, -0.25) is 0 Å². The number of aryl methyl sites for hydroxylation is 1. The number of nitrogens with one attached hydrogen (secondary N) is 1. The third-order valence-electron chi connectivity index (χ3n) is 5.64. The first kappa shape index (κ1) is 25.3. The summed E-state index contributed by atoms with van der Waals surface area (Å²) in [6.45, 7) is 5.63. The first-order valence-electron chi connectivity index (χ1n) is 11.6. The summed E-state index contributed by atoms with van der Waals surface area (Å²) in [5, 5.41) is 0.680. The molecule has 0 aliphatic carbocycles. The Morgan fingerprint density at radius 3 is 2.33 bits per heavy atom. The predicted molar refractivity (Wildman–Crippen MR) is 138 cm³/mol. The zero-order valence-electron chi connectivity index (χ0n) is 20.2. The maximum atomic E-state index is 13.1. The lowest BCUT2D eigenvalue weighted by molar-refractivity contribution is -0.136. The summed E-state index contributed by atoms with van der Waals surface area (Å²) >= 11 is 0. The summed E-state index contributed by atoms with van der Waals surface area (Å²) in [6.07, 6.45) is 0.241. The molecule has 0 aliphatic rings. The smallest absolute Gasteiger partial charge is 0.336 e. The molecule has 36 heavy (non-hydrogen) atoms. The highest BCUT2D eigenvalue weighted by Gasteiger charge is 2.28. The number of esters is 1. The van der Waals surface area contributed by atoms with E-state index in [4.69, 9.17) is 9.15 Å². The average molecular weight is 506 g/mol. The van der Waals surface area contributed by atoms with E-state index in [0.717, 1.165) is 11.1 Å². The van der Waals surface area contributed by atoms with Crippen molar-refractivity contribution in [2.75, 3.05) is 0 Å². The van der Waals surface area contributed by atoms with Crippen LogP contribution in [0.15, 0.2) is 93.0 Å². The molecule has 0 aliphatic heterocycles. The van der Waals surface area contributed by atoms with E-state index in [1.54, 1.807) is 24.3 Å². The fourth-order valence-electron chi connectivity index (χ4n) is 3.89. The Kier molecular flexibility index (Phi) is 7.37. The summed E-state index contributed by atoms with van der Waals surface area (Å²) in [5.74, 6) is -0.587. The van der Waals surface area contributed by atoms with Crippen molar-refractivity contribution in [2.24, 2.45) is 5.92 Å². The van der Waals surface area contributed by atoms with Crippen LogP contribution in [0.2, 0.25) is 0 Å². The van der Waals surface area contributed by atoms with Gasteiger partial charge < -0.3 is 9.15 Å². The number of hydrogen-bond acceptors (Lipinski definition) is 6. The second-order valence-corrected chi connectivity index (χ2v) is 10.8. The van der Waals surface area contributed by atoms with E-state index in [0.29, 0.717) is 10.9 Å². The molecule has 1 N–H and O–H groups in total. The van der Waals surface area contributed by atoms with Crippen LogP contribution in [0.4, 0.5) is 0 Å². The Morgan fingerprint density at radius 1 is 0.972 bits per heavy atom. The lowest BCUT2D eigenvalue weighted by Crippen LogP contribution is -2.43. The number of hydrogen-bond donors (Lipinski definition) is 1. The molecule has 0 bridgehead atoms. The molecule has 4 rings (SSSR count). The van der Waals surface area contributed by atoms with Gasteiger partial charge in [0, 0.05) is 17.5 Å². The SMILES string of the molecule is Cc1ccc(S(=O)(=O)N[C@@H](CC(C)C)C(=O)Oc2ccc3c(-c4ccccc4)cc(=O)oc3c2)cc1. The molecule has 3 aromatic carbocycles. The molecule has 0 fully saturated rings. The molecule has 4 aromatic rings. The minimum absolute atomic E-state index is 0.0197. The third kappa shape index (κ3) is 5.90.